The van der Waals surface area contributed by atoms with Crippen molar-refractivity contribution in [3.8, 4) is 5.69 Å². The van der Waals surface area contributed by atoms with Gasteiger partial charge in [-0.1, -0.05) is 5.21 Å². The average molecular weight is 289 g/mol. The van der Waals surface area contributed by atoms with Crippen LogP contribution in [0.15, 0.2) is 24.3 Å². The van der Waals surface area contributed by atoms with Crippen molar-refractivity contribution in [3.63, 3.8) is 0 Å². The number of aromatic nitrogens is 3. The molecule has 7 nitrogen and oxygen atoms in total. The number of carboxylic acid groups (broad SMARTS) is 1. The van der Waals surface area contributed by atoms with Crippen LogP contribution >= 0.6 is 0 Å². The summed E-state index contributed by atoms with van der Waals surface area (Å²) in [5, 5.41) is 16.7. The fourth-order valence-corrected chi connectivity index (χ4v) is 1.92. The number of rotatable bonds is 5. The monoisotopic (exact) mass is 289 g/mol. The summed E-state index contributed by atoms with van der Waals surface area (Å²) in [5.41, 5.74) is 2.62. The SMILES string of the molecule is COC(=O)c1ccc(-n2nnc(CCC(=O)O)c2C)cc1. The number of hydrogen-bond donors (Lipinski definition) is 1. The molecule has 0 aliphatic rings. The van der Waals surface area contributed by atoms with Crippen LogP contribution in [0.2, 0.25) is 0 Å². The molecule has 0 spiro atoms. The van der Waals surface area contributed by atoms with Gasteiger partial charge in [0.25, 0.3) is 0 Å². The second-order valence-electron chi connectivity index (χ2n) is 4.47. The minimum Gasteiger partial charge on any atom is -0.481 e. The van der Waals surface area contributed by atoms with Gasteiger partial charge in [-0.05, 0) is 31.2 Å². The topological polar surface area (TPSA) is 94.3 Å². The van der Waals surface area contributed by atoms with Crippen molar-refractivity contribution in [3.05, 3.63) is 41.2 Å². The molecule has 1 aromatic heterocycles. The highest BCUT2D eigenvalue weighted by atomic mass is 16.5. The van der Waals surface area contributed by atoms with E-state index >= 15 is 0 Å². The molecule has 21 heavy (non-hydrogen) atoms. The molecule has 0 saturated carbocycles. The number of aliphatic carboxylic acids is 1. The molecule has 0 atom stereocenters. The number of aryl methyl sites for hydroxylation is 1. The number of esters is 1. The van der Waals surface area contributed by atoms with Gasteiger partial charge in [0, 0.05) is 6.42 Å². The Morgan fingerprint density at radius 3 is 2.52 bits per heavy atom. The Hall–Kier alpha value is -2.70. The van der Waals surface area contributed by atoms with Crippen molar-refractivity contribution in [2.45, 2.75) is 19.8 Å². The molecule has 0 saturated heterocycles. The first-order chi connectivity index (χ1) is 10.0. The first-order valence-electron chi connectivity index (χ1n) is 6.34. The van der Waals surface area contributed by atoms with E-state index in [1.54, 1.807) is 28.9 Å². The van der Waals surface area contributed by atoms with Crippen LogP contribution in [0.5, 0.6) is 0 Å². The molecule has 0 bridgehead atoms. The van der Waals surface area contributed by atoms with E-state index < -0.39 is 11.9 Å². The van der Waals surface area contributed by atoms with Crippen LogP contribution < -0.4 is 0 Å². The van der Waals surface area contributed by atoms with Gasteiger partial charge in [0.2, 0.25) is 0 Å². The lowest BCUT2D eigenvalue weighted by Gasteiger charge is -2.05. The van der Waals surface area contributed by atoms with E-state index in [9.17, 15) is 9.59 Å². The van der Waals surface area contributed by atoms with Crippen molar-refractivity contribution in [1.82, 2.24) is 15.0 Å². The van der Waals surface area contributed by atoms with Gasteiger partial charge in [-0.15, -0.1) is 5.10 Å². The predicted molar refractivity (Wildman–Crippen MR) is 73.4 cm³/mol. The molecule has 0 aliphatic carbocycles. The maximum atomic E-state index is 11.4. The van der Waals surface area contributed by atoms with Gasteiger partial charge in [0.05, 0.1) is 36.2 Å². The van der Waals surface area contributed by atoms with Crippen molar-refractivity contribution >= 4 is 11.9 Å². The Bertz CT molecular complexity index is 661. The van der Waals surface area contributed by atoms with Gasteiger partial charge in [-0.3, -0.25) is 4.79 Å². The minimum atomic E-state index is -0.869. The molecule has 1 heterocycles. The Morgan fingerprint density at radius 1 is 1.29 bits per heavy atom. The molecule has 2 aromatic rings. The third kappa shape index (κ3) is 3.25. The van der Waals surface area contributed by atoms with Gasteiger partial charge >= 0.3 is 11.9 Å². The number of nitrogens with zero attached hydrogens (tertiary/aromatic N) is 3. The zero-order valence-electron chi connectivity index (χ0n) is 11.7. The van der Waals surface area contributed by atoms with Crippen LogP contribution in [0.25, 0.3) is 5.69 Å². The van der Waals surface area contributed by atoms with E-state index in [2.05, 4.69) is 15.0 Å². The number of carbonyl (C=O) groups is 2. The Morgan fingerprint density at radius 2 is 1.95 bits per heavy atom. The van der Waals surface area contributed by atoms with Gasteiger partial charge in [0.15, 0.2) is 0 Å². The van der Waals surface area contributed by atoms with E-state index in [4.69, 9.17) is 5.11 Å². The maximum absolute atomic E-state index is 11.4. The van der Waals surface area contributed by atoms with Gasteiger partial charge < -0.3 is 9.84 Å². The van der Waals surface area contributed by atoms with E-state index in [1.807, 2.05) is 6.92 Å². The first-order valence-corrected chi connectivity index (χ1v) is 6.34. The zero-order chi connectivity index (χ0) is 15.4. The normalized spacial score (nSPS) is 10.4. The summed E-state index contributed by atoms with van der Waals surface area (Å²) >= 11 is 0. The lowest BCUT2D eigenvalue weighted by atomic mass is 10.2. The number of carbonyl (C=O) groups excluding carboxylic acids is 1. The molecule has 7 heteroatoms. The van der Waals surface area contributed by atoms with Crippen LogP contribution in [0.1, 0.15) is 28.2 Å². The fraction of sp³-hybridized carbons (Fsp3) is 0.286. The van der Waals surface area contributed by atoms with Gasteiger partial charge in [0.1, 0.15) is 0 Å². The summed E-state index contributed by atoms with van der Waals surface area (Å²) < 4.78 is 6.24. The third-order valence-electron chi connectivity index (χ3n) is 3.10. The summed E-state index contributed by atoms with van der Waals surface area (Å²) in [5.74, 6) is -1.27. The molecule has 0 unspecified atom stereocenters. The maximum Gasteiger partial charge on any atom is 0.337 e. The van der Waals surface area contributed by atoms with Crippen molar-refractivity contribution in [2.24, 2.45) is 0 Å². The van der Waals surface area contributed by atoms with Crippen molar-refractivity contribution in [2.75, 3.05) is 7.11 Å². The van der Waals surface area contributed by atoms with Gasteiger partial charge in [-0.2, -0.15) is 0 Å². The number of methoxy groups -OCH3 is 1. The zero-order valence-corrected chi connectivity index (χ0v) is 11.7. The number of ether oxygens (including phenoxy) is 1. The molecular weight excluding hydrogens is 274 g/mol. The molecular formula is C14H15N3O4. The molecule has 2 rings (SSSR count). The van der Waals surface area contributed by atoms with Crippen LogP contribution in [0.4, 0.5) is 0 Å². The highest BCUT2D eigenvalue weighted by Crippen LogP contribution is 2.14. The van der Waals surface area contributed by atoms with Crippen LogP contribution in [0, 0.1) is 6.92 Å². The Kier molecular flexibility index (Phi) is 4.32. The van der Waals surface area contributed by atoms with Crippen molar-refractivity contribution in [1.29, 1.82) is 0 Å². The molecule has 0 radical (unpaired) electrons. The highest BCUT2D eigenvalue weighted by molar-refractivity contribution is 5.89. The quantitative estimate of drug-likeness (QED) is 0.836. The molecule has 110 valence electrons. The second-order valence-corrected chi connectivity index (χ2v) is 4.47. The molecule has 0 fully saturated rings. The standard InChI is InChI=1S/C14H15N3O4/c1-9-12(7-8-13(18)19)15-16-17(9)11-5-3-10(4-6-11)14(20)21-2/h3-6H,7-8H2,1-2H3,(H,18,19). The van der Waals surface area contributed by atoms with Crippen molar-refractivity contribution < 1.29 is 19.4 Å². The largest absolute Gasteiger partial charge is 0.481 e. The predicted octanol–water partition coefficient (Wildman–Crippen LogP) is 1.38. The molecule has 0 amide bonds. The summed E-state index contributed by atoms with van der Waals surface area (Å²) in [6.45, 7) is 1.82. The Balaban J connectivity index is 2.22. The van der Waals surface area contributed by atoms with Crippen LogP contribution in [0.3, 0.4) is 0 Å². The summed E-state index contributed by atoms with van der Waals surface area (Å²) in [4.78, 5) is 22.0. The number of benzene rings is 1. The number of hydrogen-bond acceptors (Lipinski definition) is 5. The smallest absolute Gasteiger partial charge is 0.337 e. The van der Waals surface area contributed by atoms with E-state index in [0.717, 1.165) is 11.4 Å². The third-order valence-corrected chi connectivity index (χ3v) is 3.10. The van der Waals surface area contributed by atoms with E-state index in [0.29, 0.717) is 17.7 Å². The Labute approximate surface area is 121 Å². The number of carboxylic acids is 1. The minimum absolute atomic E-state index is 0.0147. The average Bonchev–Trinajstić information content (AvgIpc) is 2.85. The van der Waals surface area contributed by atoms with Gasteiger partial charge in [-0.25, -0.2) is 9.48 Å². The fourth-order valence-electron chi connectivity index (χ4n) is 1.92. The lowest BCUT2D eigenvalue weighted by molar-refractivity contribution is -0.136. The molecule has 1 aromatic carbocycles. The summed E-state index contributed by atoms with van der Waals surface area (Å²) in [6, 6.07) is 6.74. The first kappa shape index (κ1) is 14.7. The summed E-state index contributed by atoms with van der Waals surface area (Å²) in [7, 11) is 1.33. The second kappa shape index (κ2) is 6.17. The lowest BCUT2D eigenvalue weighted by Crippen LogP contribution is -2.04. The highest BCUT2D eigenvalue weighted by Gasteiger charge is 2.12. The van der Waals surface area contributed by atoms with Crippen LogP contribution in [-0.2, 0) is 16.0 Å². The van der Waals surface area contributed by atoms with Crippen LogP contribution in [-0.4, -0.2) is 39.1 Å². The summed E-state index contributed by atoms with van der Waals surface area (Å²) in [6.07, 6.45) is 0.349. The van der Waals surface area contributed by atoms with E-state index in [-0.39, 0.29) is 6.42 Å². The molecule has 1 N–H and O–H groups in total. The van der Waals surface area contributed by atoms with E-state index in [1.165, 1.54) is 7.11 Å². The molecule has 0 aliphatic heterocycles.